The molecule has 3 N–H and O–H groups in total. The van der Waals surface area contributed by atoms with E-state index in [0.717, 1.165) is 80.6 Å². The lowest BCUT2D eigenvalue weighted by Crippen LogP contribution is -2.54. The summed E-state index contributed by atoms with van der Waals surface area (Å²) in [5.41, 5.74) is 5.18. The molecule has 0 radical (unpaired) electrons. The van der Waals surface area contributed by atoms with Crippen molar-refractivity contribution in [3.63, 3.8) is 0 Å². The van der Waals surface area contributed by atoms with Crippen LogP contribution >= 0.6 is 23.2 Å². The fourth-order valence-electron chi connectivity index (χ4n) is 15.8. The van der Waals surface area contributed by atoms with Crippen LogP contribution < -0.4 is 28.7 Å². The molecule has 11 atom stereocenters. The number of amides is 3. The monoisotopic (exact) mass is 1280 g/mol. The van der Waals surface area contributed by atoms with Gasteiger partial charge in [-0.1, -0.05) is 55.6 Å². The van der Waals surface area contributed by atoms with Crippen LogP contribution in [0.1, 0.15) is 167 Å². The van der Waals surface area contributed by atoms with Gasteiger partial charge >= 0.3 is 0 Å². The lowest BCUT2D eigenvalue weighted by atomic mass is 9.61. The Morgan fingerprint density at radius 2 is 1.10 bits per heavy atom. The van der Waals surface area contributed by atoms with E-state index >= 15 is 0 Å². The number of rotatable bonds is 2. The first kappa shape index (κ1) is 64.1. The Kier molecular flexibility index (Phi) is 18.5. The van der Waals surface area contributed by atoms with Crippen LogP contribution in [-0.4, -0.2) is 120 Å². The van der Waals surface area contributed by atoms with E-state index in [-0.39, 0.29) is 75.6 Å². The Bertz CT molecular complexity index is 3590. The van der Waals surface area contributed by atoms with Crippen LogP contribution in [0.4, 0.5) is 11.4 Å². The number of halogens is 2. The van der Waals surface area contributed by atoms with Crippen LogP contribution in [0, 0.1) is 35.5 Å². The van der Waals surface area contributed by atoms with Gasteiger partial charge < -0.3 is 29.3 Å². The fraction of sp³-hybridized carbons (Fsp3) is 0.588. The predicted molar refractivity (Wildman–Crippen MR) is 344 cm³/mol. The molecule has 2 saturated carbocycles. The number of ketones is 1. The van der Waals surface area contributed by atoms with Gasteiger partial charge in [-0.2, -0.15) is 0 Å². The highest BCUT2D eigenvalue weighted by Gasteiger charge is 2.51. The molecule has 88 heavy (non-hydrogen) atoms. The number of benzene rings is 4. The van der Waals surface area contributed by atoms with Gasteiger partial charge in [-0.05, 0) is 216 Å². The zero-order valence-electron chi connectivity index (χ0n) is 51.8. The van der Waals surface area contributed by atoms with Gasteiger partial charge in [0.05, 0.1) is 47.1 Å². The number of nitrogens with zero attached hydrogens (tertiary/aromatic N) is 3. The third-order valence-corrected chi connectivity index (χ3v) is 26.1. The van der Waals surface area contributed by atoms with Crippen molar-refractivity contribution in [2.75, 3.05) is 63.3 Å². The molecule has 3 amide bonds. The Balaban J connectivity index is 0.000000184. The molecular weight excluding hydrogens is 1200 g/mol. The Morgan fingerprint density at radius 1 is 0.614 bits per heavy atom. The maximum atomic E-state index is 13.5. The SMILES string of the molecule is C[C@@H]1[C@@H](C)CCCC(=O)[C@@H]2CC[C@H]2CN2C[C@@]3(CCCc4cc(Cl)ccc43)COc3ccc(cc32)C(=O)NS1(=O)=O.C[C@@H]1[C@@H](C)CCC[C@@](O)(CC(=O)N(C)C)[C@@H]2CC[C@H]2CN2C[C@@]3(CCCc4cc(Cl)ccc43)COc3ccc(cc32)C(=O)NS1(=O)=O. The van der Waals surface area contributed by atoms with E-state index in [0.29, 0.717) is 94.4 Å². The average molecular weight is 1290 g/mol. The number of aliphatic hydroxyl groups is 1. The molecule has 476 valence electrons. The van der Waals surface area contributed by atoms with E-state index in [1.54, 1.807) is 64.3 Å². The number of hydrogen-bond donors (Lipinski definition) is 3. The van der Waals surface area contributed by atoms with E-state index in [1.807, 2.05) is 26.0 Å². The molecule has 4 bridgehead atoms. The highest BCUT2D eigenvalue weighted by atomic mass is 35.5. The average Bonchev–Trinajstić information content (AvgIpc) is 2.04. The Morgan fingerprint density at radius 3 is 1.57 bits per heavy atom. The molecular formula is C68H87Cl2N5O11S2. The van der Waals surface area contributed by atoms with Crippen molar-refractivity contribution < 1.29 is 50.6 Å². The zero-order chi connectivity index (χ0) is 62.7. The van der Waals surface area contributed by atoms with Gasteiger partial charge in [-0.25, -0.2) is 26.3 Å². The summed E-state index contributed by atoms with van der Waals surface area (Å²) < 4.78 is 70.8. The zero-order valence-corrected chi connectivity index (χ0v) is 54.9. The summed E-state index contributed by atoms with van der Waals surface area (Å²) >= 11 is 12.8. The second-order valence-electron chi connectivity index (χ2n) is 27.6. The Hall–Kier alpha value is -5.40. The molecule has 4 aliphatic carbocycles. The number of carbonyl (C=O) groups excluding carboxylic acids is 4. The number of aryl methyl sites for hydroxylation is 2. The smallest absolute Gasteiger partial charge is 0.264 e. The number of ether oxygens (including phenoxy) is 2. The second kappa shape index (κ2) is 25.4. The molecule has 8 aliphatic rings. The minimum absolute atomic E-state index is 0.0202. The van der Waals surface area contributed by atoms with Crippen molar-refractivity contribution in [2.24, 2.45) is 35.5 Å². The number of Topliss-reactive ketones (excluding diaryl/α,β-unsaturated/α-hetero) is 1. The lowest BCUT2D eigenvalue weighted by molar-refractivity contribution is -0.143. The van der Waals surface area contributed by atoms with Crippen molar-refractivity contribution >= 4 is 78.1 Å². The Labute approximate surface area is 530 Å². The van der Waals surface area contributed by atoms with Gasteiger partial charge in [-0.3, -0.25) is 19.2 Å². The number of fused-ring (bicyclic) bond motifs is 8. The normalized spacial score (nSPS) is 31.9. The van der Waals surface area contributed by atoms with E-state index in [2.05, 4.69) is 43.5 Å². The van der Waals surface area contributed by atoms with Gasteiger partial charge in [0.25, 0.3) is 11.8 Å². The number of anilines is 2. The molecule has 0 aromatic heterocycles. The first-order valence-electron chi connectivity index (χ1n) is 32.0. The molecule has 2 spiro atoms. The van der Waals surface area contributed by atoms with Gasteiger partial charge in [0.15, 0.2) is 0 Å². The van der Waals surface area contributed by atoms with Gasteiger partial charge in [0, 0.05) is 84.6 Å². The third-order valence-electron chi connectivity index (χ3n) is 21.8. The summed E-state index contributed by atoms with van der Waals surface area (Å²) in [6, 6.07) is 22.6. The number of hydrogen-bond acceptors (Lipinski definition) is 13. The van der Waals surface area contributed by atoms with Crippen LogP contribution in [0.2, 0.25) is 10.0 Å². The summed E-state index contributed by atoms with van der Waals surface area (Å²) in [7, 11) is -4.46. The van der Waals surface area contributed by atoms with Gasteiger partial charge in [-0.15, -0.1) is 0 Å². The van der Waals surface area contributed by atoms with Crippen molar-refractivity contribution in [1.29, 1.82) is 0 Å². The topological polar surface area (TPSA) is 209 Å². The van der Waals surface area contributed by atoms with Crippen molar-refractivity contribution in [2.45, 2.75) is 164 Å². The van der Waals surface area contributed by atoms with E-state index in [4.69, 9.17) is 32.7 Å². The molecule has 4 heterocycles. The molecule has 4 aromatic rings. The molecule has 0 unspecified atom stereocenters. The van der Waals surface area contributed by atoms with Crippen molar-refractivity contribution in [1.82, 2.24) is 14.3 Å². The van der Waals surface area contributed by atoms with Crippen LogP contribution in [0.25, 0.3) is 0 Å². The van der Waals surface area contributed by atoms with E-state index < -0.39 is 48.0 Å². The van der Waals surface area contributed by atoms with E-state index in [9.17, 15) is 41.1 Å². The highest BCUT2D eigenvalue weighted by molar-refractivity contribution is 7.91. The molecule has 0 saturated heterocycles. The molecule has 4 aromatic carbocycles. The molecule has 2 fully saturated rings. The number of sulfonamides is 2. The van der Waals surface area contributed by atoms with Crippen LogP contribution in [0.5, 0.6) is 11.5 Å². The van der Waals surface area contributed by atoms with E-state index in [1.165, 1.54) is 27.2 Å². The molecule has 16 nitrogen and oxygen atoms in total. The van der Waals surface area contributed by atoms with Crippen LogP contribution in [0.15, 0.2) is 72.8 Å². The second-order valence-corrected chi connectivity index (χ2v) is 32.5. The number of carbonyl (C=O) groups is 4. The summed E-state index contributed by atoms with van der Waals surface area (Å²) in [6.07, 6.45) is 12.7. The third kappa shape index (κ3) is 12.9. The first-order chi connectivity index (χ1) is 41.8. The summed E-state index contributed by atoms with van der Waals surface area (Å²) in [5.74, 6) is 0.0287. The highest BCUT2D eigenvalue weighted by Crippen LogP contribution is 2.51. The largest absolute Gasteiger partial charge is 0.490 e. The summed E-state index contributed by atoms with van der Waals surface area (Å²) in [5, 5.41) is 12.2. The van der Waals surface area contributed by atoms with Crippen LogP contribution in [0.3, 0.4) is 0 Å². The summed E-state index contributed by atoms with van der Waals surface area (Å²) in [6.45, 7) is 10.5. The van der Waals surface area contributed by atoms with Crippen LogP contribution in [-0.2, 0) is 53.3 Å². The number of nitrogens with one attached hydrogen (secondary N) is 2. The molecule has 4 aliphatic heterocycles. The van der Waals surface area contributed by atoms with Crippen molar-refractivity contribution in [3.8, 4) is 11.5 Å². The van der Waals surface area contributed by atoms with Crippen molar-refractivity contribution in [3.05, 3.63) is 116 Å². The lowest BCUT2D eigenvalue weighted by Gasteiger charge is -2.50. The predicted octanol–water partition coefficient (Wildman–Crippen LogP) is 11.0. The standard InChI is InChI=1S/C36H48ClN3O6S.C32H39ClN2O5S/c1-23-7-5-16-36(43,19-33(41)39(3)4)30-12-9-27(30)20-40-21-35(15-6-8-25-17-28(37)11-13-29(25)35)22-46-32-14-10-26(18-31(32)40)34(42)38-47(44,45)24(23)2;1-20-5-3-7-29(36)26-11-8-24(26)17-35-18-32(14-4-6-22-15-25(33)10-12-27(22)32)19-40-30-13-9-23(16-28(30)35)31(37)34-41(38,39)21(20)2/h10-11,13-14,17-18,23-24,27,30,43H,5-9,12,15-16,19-22H2,1-4H3,(H,38,42);9-10,12-13,15-16,20-21,24,26H,3-8,11,14,17-19H2,1-2H3,(H,34,37)/t23-,24+,27-,30+,35-,36+;20-,21+,24-,26+,32-/m00/s1. The maximum absolute atomic E-state index is 13.5. The minimum atomic E-state index is -3.98. The molecule has 20 heteroatoms. The van der Waals surface area contributed by atoms with Gasteiger partial charge in [0.1, 0.15) is 17.3 Å². The first-order valence-corrected chi connectivity index (χ1v) is 35.8. The molecule has 12 rings (SSSR count). The quantitative estimate of drug-likeness (QED) is 0.171. The minimum Gasteiger partial charge on any atom is -0.490 e. The summed E-state index contributed by atoms with van der Waals surface area (Å²) in [4.78, 5) is 59.3. The maximum Gasteiger partial charge on any atom is 0.264 e. The fourth-order valence-corrected chi connectivity index (χ4v) is 18.8. The van der Waals surface area contributed by atoms with Gasteiger partial charge in [0.2, 0.25) is 26.0 Å².